The molecule has 1 aliphatic rings. The van der Waals surface area contributed by atoms with Crippen LogP contribution in [-0.2, 0) is 17.8 Å². The summed E-state index contributed by atoms with van der Waals surface area (Å²) in [4.78, 5) is 30.9. The zero-order valence-corrected chi connectivity index (χ0v) is 18.5. The van der Waals surface area contributed by atoms with Gasteiger partial charge in [0.25, 0.3) is 5.91 Å². The monoisotopic (exact) mass is 433 g/mol. The highest BCUT2D eigenvalue weighted by Crippen LogP contribution is 2.25. The molecule has 1 N–H and O–H groups in total. The second-order valence-corrected chi connectivity index (χ2v) is 8.87. The highest BCUT2D eigenvalue weighted by atomic mass is 32.1. The molecule has 4 rings (SSSR count). The Morgan fingerprint density at radius 1 is 1.03 bits per heavy atom. The van der Waals surface area contributed by atoms with Crippen LogP contribution in [0.3, 0.4) is 0 Å². The summed E-state index contributed by atoms with van der Waals surface area (Å²) in [5, 5.41) is 5.00. The first-order chi connectivity index (χ1) is 15.1. The van der Waals surface area contributed by atoms with Crippen molar-refractivity contribution in [1.29, 1.82) is 0 Å². The maximum atomic E-state index is 13.2. The Hall–Kier alpha value is -3.12. The summed E-state index contributed by atoms with van der Waals surface area (Å²) in [7, 11) is 2.06. The number of aryl methyl sites for hydroxylation is 1. The molecule has 31 heavy (non-hydrogen) atoms. The molecule has 0 radical (unpaired) electrons. The number of thiophene rings is 1. The van der Waals surface area contributed by atoms with Gasteiger partial charge in [0, 0.05) is 54.9 Å². The molecule has 2 heterocycles. The van der Waals surface area contributed by atoms with Gasteiger partial charge in [-0.05, 0) is 54.1 Å². The Bertz CT molecular complexity index is 1050. The van der Waals surface area contributed by atoms with Gasteiger partial charge in [0.1, 0.15) is 0 Å². The van der Waals surface area contributed by atoms with E-state index in [2.05, 4.69) is 40.8 Å². The molecule has 0 saturated carbocycles. The van der Waals surface area contributed by atoms with Crippen molar-refractivity contribution in [2.24, 2.45) is 0 Å². The van der Waals surface area contributed by atoms with E-state index in [-0.39, 0.29) is 11.8 Å². The smallest absolute Gasteiger partial charge is 0.254 e. The number of anilines is 2. The van der Waals surface area contributed by atoms with Crippen LogP contribution in [-0.4, -0.2) is 36.9 Å². The molecule has 0 unspecified atom stereocenters. The van der Waals surface area contributed by atoms with E-state index in [4.69, 9.17) is 0 Å². The Labute approximate surface area is 187 Å². The largest absolute Gasteiger partial charge is 0.373 e. The fourth-order valence-corrected chi connectivity index (χ4v) is 4.63. The van der Waals surface area contributed by atoms with Crippen molar-refractivity contribution < 1.29 is 9.59 Å². The highest BCUT2D eigenvalue weighted by Gasteiger charge is 2.22. The van der Waals surface area contributed by atoms with Crippen LogP contribution in [0.15, 0.2) is 66.0 Å². The Morgan fingerprint density at radius 3 is 2.74 bits per heavy atom. The first-order valence-electron chi connectivity index (χ1n) is 10.6. The van der Waals surface area contributed by atoms with Crippen LogP contribution >= 0.6 is 11.3 Å². The van der Waals surface area contributed by atoms with Gasteiger partial charge in [-0.1, -0.05) is 30.3 Å². The van der Waals surface area contributed by atoms with Crippen molar-refractivity contribution in [2.45, 2.75) is 25.8 Å². The fourth-order valence-electron chi connectivity index (χ4n) is 3.88. The molecule has 1 aliphatic heterocycles. The molecular weight excluding hydrogens is 406 g/mol. The van der Waals surface area contributed by atoms with Crippen LogP contribution in [0.25, 0.3) is 0 Å². The van der Waals surface area contributed by atoms with Crippen LogP contribution in [0, 0.1) is 0 Å². The maximum Gasteiger partial charge on any atom is 0.254 e. The van der Waals surface area contributed by atoms with Gasteiger partial charge in [0.05, 0.1) is 0 Å². The van der Waals surface area contributed by atoms with E-state index in [1.807, 2.05) is 41.3 Å². The molecule has 0 bridgehead atoms. The molecule has 6 heteroatoms. The van der Waals surface area contributed by atoms with E-state index in [1.165, 1.54) is 10.6 Å². The van der Waals surface area contributed by atoms with Crippen molar-refractivity contribution in [3.05, 3.63) is 82.0 Å². The molecule has 5 nitrogen and oxygen atoms in total. The minimum Gasteiger partial charge on any atom is -0.373 e. The van der Waals surface area contributed by atoms with Gasteiger partial charge in [0.15, 0.2) is 0 Å². The second kappa shape index (κ2) is 9.79. The first-order valence-corrected chi connectivity index (χ1v) is 11.5. The van der Waals surface area contributed by atoms with Gasteiger partial charge in [-0.3, -0.25) is 9.59 Å². The number of nitrogens with zero attached hydrogens (tertiary/aromatic N) is 2. The van der Waals surface area contributed by atoms with Gasteiger partial charge in [-0.15, -0.1) is 11.3 Å². The average Bonchev–Trinajstić information content (AvgIpc) is 3.23. The van der Waals surface area contributed by atoms with Gasteiger partial charge in [-0.2, -0.15) is 0 Å². The third-order valence-electron chi connectivity index (χ3n) is 5.56. The maximum absolute atomic E-state index is 13.2. The lowest BCUT2D eigenvalue weighted by Gasteiger charge is -2.21. The van der Waals surface area contributed by atoms with Crippen molar-refractivity contribution in [3.8, 4) is 0 Å². The normalized spacial score (nSPS) is 13.5. The van der Waals surface area contributed by atoms with E-state index < -0.39 is 0 Å². The van der Waals surface area contributed by atoms with Crippen LogP contribution in [0.1, 0.15) is 33.6 Å². The highest BCUT2D eigenvalue weighted by molar-refractivity contribution is 7.09. The van der Waals surface area contributed by atoms with E-state index in [0.717, 1.165) is 24.9 Å². The second-order valence-electron chi connectivity index (χ2n) is 7.84. The van der Waals surface area contributed by atoms with Crippen LogP contribution in [0.4, 0.5) is 11.4 Å². The van der Waals surface area contributed by atoms with Gasteiger partial charge >= 0.3 is 0 Å². The van der Waals surface area contributed by atoms with Gasteiger partial charge < -0.3 is 15.1 Å². The zero-order valence-electron chi connectivity index (χ0n) is 17.7. The number of carbonyl (C=O) groups is 2. The van der Waals surface area contributed by atoms with Gasteiger partial charge in [0.2, 0.25) is 5.91 Å². The molecule has 3 aromatic rings. The predicted molar refractivity (Wildman–Crippen MR) is 127 cm³/mol. The standard InChI is InChI=1S/C25H27N3O2S/c1-27-14-15-28(18-20-7-2-3-12-23(20)27)25(30)19-8-4-9-21(17-19)26-24(29)13-5-10-22-11-6-16-31-22/h2-4,6-9,11-12,16-17H,5,10,13-15,18H2,1H3,(H,26,29). The quantitative estimate of drug-likeness (QED) is 0.607. The predicted octanol–water partition coefficient (Wildman–Crippen LogP) is 4.80. The summed E-state index contributed by atoms with van der Waals surface area (Å²) in [6.45, 7) is 2.02. The van der Waals surface area contributed by atoms with E-state index >= 15 is 0 Å². The Balaban J connectivity index is 1.38. The van der Waals surface area contributed by atoms with Crippen molar-refractivity contribution in [2.75, 3.05) is 30.4 Å². The summed E-state index contributed by atoms with van der Waals surface area (Å²) < 4.78 is 0. The van der Waals surface area contributed by atoms with Crippen LogP contribution < -0.4 is 10.2 Å². The number of amides is 2. The number of benzene rings is 2. The molecule has 2 aromatic carbocycles. The number of nitrogens with one attached hydrogen (secondary N) is 1. The van der Waals surface area contributed by atoms with Crippen molar-refractivity contribution in [3.63, 3.8) is 0 Å². The SMILES string of the molecule is CN1CCN(C(=O)c2cccc(NC(=O)CCCc3cccs3)c2)Cc2ccccc21. The molecule has 0 spiro atoms. The molecule has 160 valence electrons. The number of hydrogen-bond acceptors (Lipinski definition) is 4. The van der Waals surface area contributed by atoms with E-state index in [9.17, 15) is 9.59 Å². The van der Waals surface area contributed by atoms with Crippen molar-refractivity contribution >= 4 is 34.5 Å². The third kappa shape index (κ3) is 5.33. The summed E-state index contributed by atoms with van der Waals surface area (Å²) >= 11 is 1.72. The number of rotatable bonds is 6. The minimum absolute atomic E-state index is 0.0149. The third-order valence-corrected chi connectivity index (χ3v) is 6.49. The van der Waals surface area contributed by atoms with Crippen molar-refractivity contribution in [1.82, 2.24) is 4.90 Å². The molecule has 1 aromatic heterocycles. The lowest BCUT2D eigenvalue weighted by atomic mass is 10.1. The molecule has 0 aliphatic carbocycles. The summed E-state index contributed by atoms with van der Waals surface area (Å²) in [5.41, 5.74) is 3.57. The molecule has 0 atom stereocenters. The number of fused-ring (bicyclic) bond motifs is 1. The summed E-state index contributed by atoms with van der Waals surface area (Å²) in [6, 6.07) is 19.6. The number of para-hydroxylation sites is 1. The molecule has 0 saturated heterocycles. The van der Waals surface area contributed by atoms with Gasteiger partial charge in [-0.25, -0.2) is 0 Å². The molecule has 0 fully saturated rings. The topological polar surface area (TPSA) is 52.6 Å². The number of likely N-dealkylation sites (N-methyl/N-ethyl adjacent to an activating group) is 1. The number of carbonyl (C=O) groups excluding carboxylic acids is 2. The molecule has 2 amide bonds. The summed E-state index contributed by atoms with van der Waals surface area (Å²) in [6.07, 6.45) is 2.19. The summed E-state index contributed by atoms with van der Waals surface area (Å²) in [5.74, 6) is -0.0367. The number of hydrogen-bond donors (Lipinski definition) is 1. The Morgan fingerprint density at radius 2 is 1.90 bits per heavy atom. The van der Waals surface area contributed by atoms with Crippen LogP contribution in [0.2, 0.25) is 0 Å². The van der Waals surface area contributed by atoms with Crippen LogP contribution in [0.5, 0.6) is 0 Å². The lowest BCUT2D eigenvalue weighted by molar-refractivity contribution is -0.116. The average molecular weight is 434 g/mol. The zero-order chi connectivity index (χ0) is 21.6. The fraction of sp³-hybridized carbons (Fsp3) is 0.280. The lowest BCUT2D eigenvalue weighted by Crippen LogP contribution is -2.34. The first kappa shape index (κ1) is 21.1. The van der Waals surface area contributed by atoms with E-state index in [1.54, 1.807) is 17.4 Å². The van der Waals surface area contributed by atoms with E-state index in [0.29, 0.717) is 30.8 Å². The minimum atomic E-state index is -0.0218. The molecular formula is C25H27N3O2S. The Kier molecular flexibility index (Phi) is 6.67.